The Morgan fingerprint density at radius 1 is 1.53 bits per heavy atom. The first-order valence-corrected chi connectivity index (χ1v) is 6.22. The number of carbonyl (C=O) groups excluding carboxylic acids is 1. The fourth-order valence-corrected chi connectivity index (χ4v) is 2.03. The normalized spacial score (nSPS) is 20.9. The summed E-state index contributed by atoms with van der Waals surface area (Å²) < 4.78 is 10.3. The van der Waals surface area contributed by atoms with Crippen LogP contribution in [0.25, 0.3) is 0 Å². The molecule has 1 amide bonds. The van der Waals surface area contributed by atoms with Crippen molar-refractivity contribution < 1.29 is 14.3 Å². The maximum atomic E-state index is 12.2. The largest absolute Gasteiger partial charge is 0.385 e. The minimum absolute atomic E-state index is 0.0619. The van der Waals surface area contributed by atoms with Gasteiger partial charge in [-0.25, -0.2) is 0 Å². The zero-order valence-electron chi connectivity index (χ0n) is 10.8. The van der Waals surface area contributed by atoms with Gasteiger partial charge in [0.15, 0.2) is 0 Å². The van der Waals surface area contributed by atoms with E-state index in [9.17, 15) is 4.79 Å². The molecule has 0 radical (unpaired) electrons. The predicted octanol–water partition coefficient (Wildman–Crippen LogP) is 0.283. The summed E-state index contributed by atoms with van der Waals surface area (Å²) in [5.74, 6) is 0.0619. The molecule has 1 unspecified atom stereocenters. The lowest BCUT2D eigenvalue weighted by atomic mass is 9.79. The zero-order chi connectivity index (χ0) is 12.7. The van der Waals surface area contributed by atoms with Crippen molar-refractivity contribution in [2.24, 2.45) is 11.1 Å². The maximum Gasteiger partial charge on any atom is 0.227 e. The summed E-state index contributed by atoms with van der Waals surface area (Å²) in [4.78, 5) is 12.2. The number of carbonyl (C=O) groups is 1. The molecule has 1 heterocycles. The van der Waals surface area contributed by atoms with E-state index in [1.54, 1.807) is 7.11 Å². The highest BCUT2D eigenvalue weighted by molar-refractivity contribution is 5.83. The number of ether oxygens (including phenoxy) is 2. The molecular formula is C12H24N2O3. The van der Waals surface area contributed by atoms with Crippen molar-refractivity contribution in [2.45, 2.75) is 32.2 Å². The van der Waals surface area contributed by atoms with Gasteiger partial charge in [0, 0.05) is 39.5 Å². The van der Waals surface area contributed by atoms with Crippen LogP contribution in [0.5, 0.6) is 0 Å². The highest BCUT2D eigenvalue weighted by Gasteiger charge is 2.39. The van der Waals surface area contributed by atoms with E-state index in [-0.39, 0.29) is 11.9 Å². The fourth-order valence-electron chi connectivity index (χ4n) is 2.03. The van der Waals surface area contributed by atoms with Gasteiger partial charge in [-0.1, -0.05) is 0 Å². The number of methoxy groups -OCH3 is 1. The van der Waals surface area contributed by atoms with Crippen LogP contribution in [0.1, 0.15) is 26.2 Å². The first-order chi connectivity index (χ1) is 8.14. The third-order valence-electron chi connectivity index (χ3n) is 3.45. The highest BCUT2D eigenvalue weighted by Crippen LogP contribution is 2.29. The van der Waals surface area contributed by atoms with Crippen LogP contribution in [0, 0.1) is 5.41 Å². The zero-order valence-corrected chi connectivity index (χ0v) is 10.8. The minimum Gasteiger partial charge on any atom is -0.385 e. The van der Waals surface area contributed by atoms with Crippen LogP contribution in [0.2, 0.25) is 0 Å². The standard InChI is InChI=1S/C12H24N2O3/c1-10(3-6-16-2)14-11(15)12(9-13)4-7-17-8-5-12/h10H,3-9,13H2,1-2H3,(H,14,15). The molecule has 1 atom stereocenters. The molecule has 5 nitrogen and oxygen atoms in total. The third-order valence-corrected chi connectivity index (χ3v) is 3.45. The van der Waals surface area contributed by atoms with Crippen LogP contribution in [0.15, 0.2) is 0 Å². The van der Waals surface area contributed by atoms with Crippen LogP contribution in [-0.4, -0.2) is 45.4 Å². The van der Waals surface area contributed by atoms with Gasteiger partial charge in [0.2, 0.25) is 5.91 Å². The molecule has 1 rings (SSSR count). The van der Waals surface area contributed by atoms with E-state index < -0.39 is 5.41 Å². The van der Waals surface area contributed by atoms with Gasteiger partial charge in [-0.3, -0.25) is 4.79 Å². The number of amides is 1. The van der Waals surface area contributed by atoms with E-state index in [2.05, 4.69) is 5.32 Å². The van der Waals surface area contributed by atoms with Crippen LogP contribution in [-0.2, 0) is 14.3 Å². The van der Waals surface area contributed by atoms with E-state index in [1.807, 2.05) is 6.92 Å². The van der Waals surface area contributed by atoms with E-state index in [1.165, 1.54) is 0 Å². The predicted molar refractivity (Wildman–Crippen MR) is 65.6 cm³/mol. The van der Waals surface area contributed by atoms with E-state index in [0.29, 0.717) is 39.2 Å². The Morgan fingerprint density at radius 3 is 2.71 bits per heavy atom. The van der Waals surface area contributed by atoms with Gasteiger partial charge in [0.25, 0.3) is 0 Å². The molecule has 0 bridgehead atoms. The molecule has 17 heavy (non-hydrogen) atoms. The van der Waals surface area contributed by atoms with Gasteiger partial charge in [0.05, 0.1) is 5.41 Å². The molecular weight excluding hydrogens is 220 g/mol. The van der Waals surface area contributed by atoms with Gasteiger partial charge >= 0.3 is 0 Å². The highest BCUT2D eigenvalue weighted by atomic mass is 16.5. The average molecular weight is 244 g/mol. The van der Waals surface area contributed by atoms with Crippen molar-refractivity contribution in [3.63, 3.8) is 0 Å². The Hall–Kier alpha value is -0.650. The minimum atomic E-state index is -0.431. The third kappa shape index (κ3) is 3.94. The molecule has 0 spiro atoms. The van der Waals surface area contributed by atoms with Gasteiger partial charge in [0.1, 0.15) is 0 Å². The summed E-state index contributed by atoms with van der Waals surface area (Å²) in [6.07, 6.45) is 2.25. The lowest BCUT2D eigenvalue weighted by Gasteiger charge is -2.35. The quantitative estimate of drug-likeness (QED) is 0.704. The SMILES string of the molecule is COCCC(C)NC(=O)C1(CN)CCOCC1. The fraction of sp³-hybridized carbons (Fsp3) is 0.917. The molecule has 1 aliphatic rings. The first kappa shape index (κ1) is 14.4. The Labute approximate surface area is 103 Å². The molecule has 1 saturated heterocycles. The van der Waals surface area contributed by atoms with Gasteiger partial charge in [-0.2, -0.15) is 0 Å². The Bertz CT molecular complexity index is 240. The summed E-state index contributed by atoms with van der Waals surface area (Å²) in [6, 6.07) is 0.119. The molecule has 0 aromatic rings. The Balaban J connectivity index is 2.48. The molecule has 1 fully saturated rings. The molecule has 0 aromatic heterocycles. The summed E-state index contributed by atoms with van der Waals surface area (Å²) in [6.45, 7) is 4.27. The van der Waals surface area contributed by atoms with Crippen molar-refractivity contribution in [3.8, 4) is 0 Å². The number of nitrogens with two attached hydrogens (primary N) is 1. The van der Waals surface area contributed by atoms with Crippen LogP contribution < -0.4 is 11.1 Å². The Kier molecular flexibility index (Phi) is 5.88. The maximum absolute atomic E-state index is 12.2. The second-order valence-corrected chi connectivity index (χ2v) is 4.75. The lowest BCUT2D eigenvalue weighted by molar-refractivity contribution is -0.136. The molecule has 5 heteroatoms. The summed E-state index contributed by atoms with van der Waals surface area (Å²) >= 11 is 0. The van der Waals surface area contributed by atoms with Crippen molar-refractivity contribution in [2.75, 3.05) is 33.5 Å². The van der Waals surface area contributed by atoms with Crippen LogP contribution in [0.3, 0.4) is 0 Å². The first-order valence-electron chi connectivity index (χ1n) is 6.22. The van der Waals surface area contributed by atoms with E-state index >= 15 is 0 Å². The molecule has 100 valence electrons. The topological polar surface area (TPSA) is 73.6 Å². The van der Waals surface area contributed by atoms with Crippen molar-refractivity contribution in [3.05, 3.63) is 0 Å². The van der Waals surface area contributed by atoms with Gasteiger partial charge in [-0.05, 0) is 26.2 Å². The van der Waals surface area contributed by atoms with E-state index in [0.717, 1.165) is 6.42 Å². The molecule has 1 aliphatic heterocycles. The smallest absolute Gasteiger partial charge is 0.227 e. The number of rotatable bonds is 6. The second-order valence-electron chi connectivity index (χ2n) is 4.75. The van der Waals surface area contributed by atoms with Gasteiger partial charge < -0.3 is 20.5 Å². The number of hydrogen-bond acceptors (Lipinski definition) is 4. The lowest BCUT2D eigenvalue weighted by Crippen LogP contribution is -2.51. The molecule has 0 saturated carbocycles. The number of hydrogen-bond donors (Lipinski definition) is 2. The van der Waals surface area contributed by atoms with Gasteiger partial charge in [-0.15, -0.1) is 0 Å². The molecule has 3 N–H and O–H groups in total. The van der Waals surface area contributed by atoms with Crippen molar-refractivity contribution in [1.29, 1.82) is 0 Å². The summed E-state index contributed by atoms with van der Waals surface area (Å²) in [7, 11) is 1.66. The van der Waals surface area contributed by atoms with Crippen LogP contribution >= 0.6 is 0 Å². The molecule has 0 aromatic carbocycles. The van der Waals surface area contributed by atoms with Crippen LogP contribution in [0.4, 0.5) is 0 Å². The van der Waals surface area contributed by atoms with E-state index in [4.69, 9.17) is 15.2 Å². The number of nitrogens with one attached hydrogen (secondary N) is 1. The Morgan fingerprint density at radius 2 is 2.18 bits per heavy atom. The molecule has 0 aliphatic carbocycles. The summed E-state index contributed by atoms with van der Waals surface area (Å²) in [5.41, 5.74) is 5.34. The second kappa shape index (κ2) is 6.93. The summed E-state index contributed by atoms with van der Waals surface area (Å²) in [5, 5.41) is 3.02. The van der Waals surface area contributed by atoms with Crippen molar-refractivity contribution in [1.82, 2.24) is 5.32 Å². The average Bonchev–Trinajstić information content (AvgIpc) is 2.37. The van der Waals surface area contributed by atoms with Crippen molar-refractivity contribution >= 4 is 5.91 Å². The monoisotopic (exact) mass is 244 g/mol.